The third kappa shape index (κ3) is 4.42. The molecule has 1 aromatic rings. The van der Waals surface area contributed by atoms with Gasteiger partial charge in [0.25, 0.3) is 5.91 Å². The summed E-state index contributed by atoms with van der Waals surface area (Å²) < 4.78 is 51.1. The fourth-order valence-corrected chi connectivity index (χ4v) is 3.58. The molecule has 1 aromatic carbocycles. The Labute approximate surface area is 136 Å². The molecule has 0 unspecified atom stereocenters. The molecular weight excluding hydrogens is 422 g/mol. The van der Waals surface area contributed by atoms with E-state index >= 15 is 0 Å². The van der Waals surface area contributed by atoms with Crippen molar-refractivity contribution in [2.75, 3.05) is 10.7 Å². The monoisotopic (exact) mass is 433 g/mol. The van der Waals surface area contributed by atoms with Crippen LogP contribution in [0.2, 0.25) is 0 Å². The van der Waals surface area contributed by atoms with Gasteiger partial charge in [-0.3, -0.25) is 4.79 Å². The Balaban J connectivity index is 3.09. The maximum atomic E-state index is 13.2. The molecule has 21 heavy (non-hydrogen) atoms. The molecule has 0 heterocycles. The number of nitrogens with one attached hydrogen (secondary N) is 1. The summed E-state index contributed by atoms with van der Waals surface area (Å²) in [5.74, 6) is -2.08. The summed E-state index contributed by atoms with van der Waals surface area (Å²) in [6, 6.07) is 2.20. The van der Waals surface area contributed by atoms with Crippen LogP contribution in [0.4, 0.5) is 17.6 Å². The van der Waals surface area contributed by atoms with Gasteiger partial charge < -0.3 is 5.32 Å². The number of rotatable bonds is 5. The van der Waals surface area contributed by atoms with E-state index in [1.807, 2.05) is 6.92 Å². The van der Waals surface area contributed by atoms with Crippen LogP contribution in [0.1, 0.15) is 29.3 Å². The molecule has 0 aliphatic carbocycles. The van der Waals surface area contributed by atoms with E-state index in [1.54, 1.807) is 0 Å². The first-order valence-corrected chi connectivity index (χ1v) is 8.24. The molecule has 0 aromatic heterocycles. The third-order valence-corrected chi connectivity index (χ3v) is 5.25. The summed E-state index contributed by atoms with van der Waals surface area (Å²) in [6.07, 6.45) is -4.27. The summed E-state index contributed by atoms with van der Waals surface area (Å²) in [6.45, 7) is 1.84. The molecule has 1 N–H and O–H groups in total. The largest absolute Gasteiger partial charge is 0.419 e. The minimum atomic E-state index is -4.84. The highest BCUT2D eigenvalue weighted by molar-refractivity contribution is 9.09. The van der Waals surface area contributed by atoms with E-state index in [0.29, 0.717) is 29.2 Å². The molecule has 0 bridgehead atoms. The van der Waals surface area contributed by atoms with Crippen molar-refractivity contribution in [3.63, 3.8) is 0 Å². The van der Waals surface area contributed by atoms with E-state index in [9.17, 15) is 22.4 Å². The number of hydrogen-bond donors (Lipinski definition) is 1. The van der Waals surface area contributed by atoms with Gasteiger partial charge in [0.05, 0.1) is 11.1 Å². The Kier molecular flexibility index (Phi) is 6.22. The summed E-state index contributed by atoms with van der Waals surface area (Å²) in [5, 5.41) is 3.53. The summed E-state index contributed by atoms with van der Waals surface area (Å²) in [4.78, 5) is 12.1. The minimum absolute atomic E-state index is 0.233. The van der Waals surface area contributed by atoms with Crippen molar-refractivity contribution in [2.24, 2.45) is 0 Å². The first-order chi connectivity index (χ1) is 9.69. The van der Waals surface area contributed by atoms with E-state index in [4.69, 9.17) is 0 Å². The highest BCUT2D eigenvalue weighted by atomic mass is 79.9. The molecule has 0 aliphatic rings. The molecule has 8 heteroatoms. The number of amides is 1. The summed E-state index contributed by atoms with van der Waals surface area (Å²) in [5.41, 5.74) is -2.30. The van der Waals surface area contributed by atoms with Crippen molar-refractivity contribution in [3.05, 3.63) is 35.1 Å². The second-order valence-electron chi connectivity index (χ2n) is 4.55. The maximum absolute atomic E-state index is 13.2. The van der Waals surface area contributed by atoms with Crippen molar-refractivity contribution < 1.29 is 22.4 Å². The van der Waals surface area contributed by atoms with E-state index in [1.165, 1.54) is 0 Å². The van der Waals surface area contributed by atoms with Gasteiger partial charge in [0.15, 0.2) is 0 Å². The average molecular weight is 435 g/mol. The average Bonchev–Trinajstić information content (AvgIpc) is 2.44. The van der Waals surface area contributed by atoms with Gasteiger partial charge in [-0.25, -0.2) is 4.39 Å². The van der Waals surface area contributed by atoms with Gasteiger partial charge in [0.2, 0.25) is 0 Å². The van der Waals surface area contributed by atoms with Crippen LogP contribution < -0.4 is 5.32 Å². The smallest absolute Gasteiger partial charge is 0.345 e. The van der Waals surface area contributed by atoms with Gasteiger partial charge in [0, 0.05) is 16.2 Å². The first kappa shape index (κ1) is 18.4. The Bertz CT molecular complexity index is 507. The van der Waals surface area contributed by atoms with Crippen LogP contribution in [-0.4, -0.2) is 22.1 Å². The molecular formula is C13H13Br2F4NO. The molecule has 2 nitrogen and oxygen atoms in total. The van der Waals surface area contributed by atoms with Crippen LogP contribution in [0.5, 0.6) is 0 Å². The van der Waals surface area contributed by atoms with Gasteiger partial charge >= 0.3 is 6.18 Å². The lowest BCUT2D eigenvalue weighted by Crippen LogP contribution is -2.51. The first-order valence-electron chi connectivity index (χ1n) is 6.00. The molecule has 0 atom stereocenters. The lowest BCUT2D eigenvalue weighted by molar-refractivity contribution is -0.140. The molecule has 0 fully saturated rings. The fraction of sp³-hybridized carbons (Fsp3) is 0.462. The van der Waals surface area contributed by atoms with Gasteiger partial charge in [-0.15, -0.1) is 0 Å². The maximum Gasteiger partial charge on any atom is 0.419 e. The molecule has 118 valence electrons. The number of carbonyl (C=O) groups excluding carboxylic acids is 1. The zero-order chi connectivity index (χ0) is 16.3. The minimum Gasteiger partial charge on any atom is -0.345 e. The van der Waals surface area contributed by atoms with Crippen molar-refractivity contribution in [1.29, 1.82) is 0 Å². The second kappa shape index (κ2) is 7.09. The lowest BCUT2D eigenvalue weighted by Gasteiger charge is -2.30. The summed E-state index contributed by atoms with van der Waals surface area (Å²) >= 11 is 6.54. The second-order valence-corrected chi connectivity index (χ2v) is 5.67. The van der Waals surface area contributed by atoms with Crippen molar-refractivity contribution >= 4 is 37.8 Å². The SMILES string of the molecule is CCC(CBr)(CBr)NC(=O)c1ccc(F)c(C(F)(F)F)c1. The van der Waals surface area contributed by atoms with E-state index < -0.39 is 29.0 Å². The van der Waals surface area contributed by atoms with Crippen LogP contribution in [0.3, 0.4) is 0 Å². The third-order valence-electron chi connectivity index (χ3n) is 3.10. The number of carbonyl (C=O) groups is 1. The van der Waals surface area contributed by atoms with Crippen LogP contribution in [0, 0.1) is 5.82 Å². The van der Waals surface area contributed by atoms with E-state index in [2.05, 4.69) is 37.2 Å². The zero-order valence-corrected chi connectivity index (χ0v) is 14.2. The quantitative estimate of drug-likeness (QED) is 0.536. The Hall–Kier alpha value is -0.630. The fourth-order valence-electron chi connectivity index (χ4n) is 1.58. The molecule has 0 aliphatic heterocycles. The predicted molar refractivity (Wildman–Crippen MR) is 79.5 cm³/mol. The Morgan fingerprint density at radius 2 is 1.81 bits per heavy atom. The normalized spacial score (nSPS) is 12.3. The van der Waals surface area contributed by atoms with Crippen LogP contribution in [0.15, 0.2) is 18.2 Å². The van der Waals surface area contributed by atoms with Crippen LogP contribution in [0.25, 0.3) is 0 Å². The topological polar surface area (TPSA) is 29.1 Å². The van der Waals surface area contributed by atoms with Crippen molar-refractivity contribution in [3.8, 4) is 0 Å². The highest BCUT2D eigenvalue weighted by Gasteiger charge is 2.35. The molecule has 0 radical (unpaired) electrons. The van der Waals surface area contributed by atoms with Crippen molar-refractivity contribution in [1.82, 2.24) is 5.32 Å². The lowest BCUT2D eigenvalue weighted by atomic mass is 10.0. The Morgan fingerprint density at radius 3 is 2.24 bits per heavy atom. The molecule has 1 rings (SSSR count). The van der Waals surface area contributed by atoms with Gasteiger partial charge in [-0.2, -0.15) is 13.2 Å². The van der Waals surface area contributed by atoms with Gasteiger partial charge in [0.1, 0.15) is 5.82 Å². The zero-order valence-electron chi connectivity index (χ0n) is 11.0. The number of halogens is 6. The van der Waals surface area contributed by atoms with Crippen LogP contribution in [-0.2, 0) is 6.18 Å². The molecule has 1 amide bonds. The molecule has 0 spiro atoms. The molecule has 0 saturated heterocycles. The number of hydrogen-bond acceptors (Lipinski definition) is 1. The van der Waals surface area contributed by atoms with Gasteiger partial charge in [-0.05, 0) is 24.6 Å². The van der Waals surface area contributed by atoms with Crippen LogP contribution >= 0.6 is 31.9 Å². The summed E-state index contributed by atoms with van der Waals surface area (Å²) in [7, 11) is 0. The van der Waals surface area contributed by atoms with E-state index in [-0.39, 0.29) is 5.56 Å². The predicted octanol–water partition coefficient (Wildman–Crippen LogP) is 4.51. The molecule has 0 saturated carbocycles. The number of benzene rings is 1. The van der Waals surface area contributed by atoms with Crippen molar-refractivity contribution in [2.45, 2.75) is 25.1 Å². The number of alkyl halides is 5. The Morgan fingerprint density at radius 1 is 1.24 bits per heavy atom. The highest BCUT2D eigenvalue weighted by Crippen LogP contribution is 2.32. The van der Waals surface area contributed by atoms with Gasteiger partial charge in [-0.1, -0.05) is 38.8 Å². The standard InChI is InChI=1S/C13H13Br2F4NO/c1-2-12(6-14,7-15)20-11(21)8-3-4-10(16)9(5-8)13(17,18)19/h3-5H,2,6-7H2,1H3,(H,20,21). The van der Waals surface area contributed by atoms with E-state index in [0.717, 1.165) is 6.07 Å².